The third-order valence-electron chi connectivity index (χ3n) is 3.23. The van der Waals surface area contributed by atoms with E-state index >= 15 is 0 Å². The van der Waals surface area contributed by atoms with Crippen LogP contribution in [0.1, 0.15) is 23.6 Å². The summed E-state index contributed by atoms with van der Waals surface area (Å²) in [5.41, 5.74) is 3.52. The Balaban J connectivity index is 2.17. The highest BCUT2D eigenvalue weighted by Crippen LogP contribution is 2.32. The van der Waals surface area contributed by atoms with E-state index in [0.29, 0.717) is 13.2 Å². The Hall–Kier alpha value is -2.00. The van der Waals surface area contributed by atoms with E-state index in [-0.39, 0.29) is 0 Å². The van der Waals surface area contributed by atoms with Crippen LogP contribution in [0.5, 0.6) is 11.5 Å². The van der Waals surface area contributed by atoms with Gasteiger partial charge in [-0.2, -0.15) is 0 Å². The summed E-state index contributed by atoms with van der Waals surface area (Å²) in [5.74, 6) is 1.63. The zero-order valence-corrected chi connectivity index (χ0v) is 13.0. The van der Waals surface area contributed by atoms with Crippen molar-refractivity contribution in [2.75, 3.05) is 13.7 Å². The second-order valence-electron chi connectivity index (χ2n) is 4.98. The van der Waals surface area contributed by atoms with Gasteiger partial charge in [0.1, 0.15) is 6.61 Å². The number of para-hydroxylation sites is 1. The largest absolute Gasteiger partial charge is 0.490 e. The van der Waals surface area contributed by atoms with Crippen molar-refractivity contribution in [3.63, 3.8) is 0 Å². The molecule has 0 amide bonds. The van der Waals surface area contributed by atoms with Crippen LogP contribution < -0.4 is 14.8 Å². The third kappa shape index (κ3) is 4.23. The summed E-state index contributed by atoms with van der Waals surface area (Å²) in [7, 11) is 1.93. The predicted molar refractivity (Wildman–Crippen MR) is 85.9 cm³/mol. The highest BCUT2D eigenvalue weighted by molar-refractivity contribution is 5.46. The highest BCUT2D eigenvalue weighted by atomic mass is 16.5. The molecular weight excluding hydrogens is 262 g/mol. The molecule has 112 valence electrons. The number of rotatable bonds is 7. The van der Waals surface area contributed by atoms with Crippen molar-refractivity contribution in [1.29, 1.82) is 0 Å². The minimum Gasteiger partial charge on any atom is -0.490 e. The van der Waals surface area contributed by atoms with Crippen LogP contribution >= 0.6 is 0 Å². The molecule has 0 saturated carbocycles. The first kappa shape index (κ1) is 15.4. The Morgan fingerprint density at radius 1 is 1.00 bits per heavy atom. The van der Waals surface area contributed by atoms with Crippen molar-refractivity contribution in [2.24, 2.45) is 0 Å². The van der Waals surface area contributed by atoms with Crippen LogP contribution in [0.15, 0.2) is 42.5 Å². The zero-order chi connectivity index (χ0) is 15.1. The molecule has 0 saturated heterocycles. The molecule has 0 aliphatic rings. The molecule has 0 aromatic heterocycles. The van der Waals surface area contributed by atoms with Gasteiger partial charge in [-0.25, -0.2) is 0 Å². The molecule has 2 rings (SSSR count). The normalized spacial score (nSPS) is 10.4. The number of aryl methyl sites for hydroxylation is 1. The maximum Gasteiger partial charge on any atom is 0.166 e. The van der Waals surface area contributed by atoms with Crippen molar-refractivity contribution in [2.45, 2.75) is 27.0 Å². The molecule has 3 heteroatoms. The molecular formula is C18H23NO2. The molecule has 21 heavy (non-hydrogen) atoms. The van der Waals surface area contributed by atoms with E-state index in [2.05, 4.69) is 42.6 Å². The minimum atomic E-state index is 0.543. The molecule has 0 unspecified atom stereocenters. The molecule has 0 spiro atoms. The van der Waals surface area contributed by atoms with Crippen molar-refractivity contribution in [3.05, 3.63) is 59.2 Å². The van der Waals surface area contributed by atoms with Crippen LogP contribution in [0.25, 0.3) is 0 Å². The summed E-state index contributed by atoms with van der Waals surface area (Å²) in [4.78, 5) is 0. The van der Waals surface area contributed by atoms with Gasteiger partial charge in [-0.3, -0.25) is 0 Å². The van der Waals surface area contributed by atoms with Gasteiger partial charge < -0.3 is 14.8 Å². The summed E-state index contributed by atoms with van der Waals surface area (Å²) in [6.07, 6.45) is 0. The molecule has 0 bridgehead atoms. The van der Waals surface area contributed by atoms with Crippen LogP contribution in [0, 0.1) is 6.92 Å². The van der Waals surface area contributed by atoms with Gasteiger partial charge in [0.05, 0.1) is 6.61 Å². The Bertz CT molecular complexity index is 540. The molecule has 1 N–H and O–H groups in total. The summed E-state index contributed by atoms with van der Waals surface area (Å²) in [6.45, 7) is 5.99. The molecule has 0 aliphatic carbocycles. The SMILES string of the molecule is CCOc1cccc(CNC)c1OCc1ccc(C)cc1. The number of nitrogens with one attached hydrogen (secondary N) is 1. The first-order chi connectivity index (χ1) is 10.2. The van der Waals surface area contributed by atoms with E-state index < -0.39 is 0 Å². The van der Waals surface area contributed by atoms with Crippen molar-refractivity contribution in [1.82, 2.24) is 5.32 Å². The van der Waals surface area contributed by atoms with Crippen LogP contribution in [0.2, 0.25) is 0 Å². The summed E-state index contributed by atoms with van der Waals surface area (Å²) >= 11 is 0. The molecule has 0 aliphatic heterocycles. The molecule has 0 fully saturated rings. The molecule has 2 aromatic rings. The predicted octanol–water partition coefficient (Wildman–Crippen LogP) is 3.69. The maximum absolute atomic E-state index is 6.03. The average molecular weight is 285 g/mol. The smallest absolute Gasteiger partial charge is 0.166 e. The highest BCUT2D eigenvalue weighted by Gasteiger charge is 2.10. The van der Waals surface area contributed by atoms with E-state index in [0.717, 1.165) is 29.2 Å². The fraction of sp³-hybridized carbons (Fsp3) is 0.333. The fourth-order valence-corrected chi connectivity index (χ4v) is 2.16. The lowest BCUT2D eigenvalue weighted by molar-refractivity contribution is 0.266. The Labute approximate surface area is 126 Å². The van der Waals surface area contributed by atoms with Gasteiger partial charge in [0.25, 0.3) is 0 Å². The van der Waals surface area contributed by atoms with Gasteiger partial charge >= 0.3 is 0 Å². The standard InChI is InChI=1S/C18H23NO2/c1-4-20-17-7-5-6-16(12-19-3)18(17)21-13-15-10-8-14(2)9-11-15/h5-11,19H,4,12-13H2,1-3H3. The van der Waals surface area contributed by atoms with Crippen LogP contribution in [-0.2, 0) is 13.2 Å². The van der Waals surface area contributed by atoms with E-state index in [1.165, 1.54) is 5.56 Å². The van der Waals surface area contributed by atoms with E-state index in [4.69, 9.17) is 9.47 Å². The fourth-order valence-electron chi connectivity index (χ4n) is 2.16. The van der Waals surface area contributed by atoms with Gasteiger partial charge in [-0.15, -0.1) is 0 Å². The van der Waals surface area contributed by atoms with Crippen molar-refractivity contribution >= 4 is 0 Å². The molecule has 0 heterocycles. The lowest BCUT2D eigenvalue weighted by Crippen LogP contribution is -2.09. The number of hydrogen-bond acceptors (Lipinski definition) is 3. The van der Waals surface area contributed by atoms with E-state index in [1.54, 1.807) is 0 Å². The molecule has 0 atom stereocenters. The van der Waals surface area contributed by atoms with Crippen molar-refractivity contribution < 1.29 is 9.47 Å². The first-order valence-electron chi connectivity index (χ1n) is 7.32. The molecule has 3 nitrogen and oxygen atoms in total. The average Bonchev–Trinajstić information content (AvgIpc) is 2.49. The lowest BCUT2D eigenvalue weighted by Gasteiger charge is -2.16. The Kier molecular flexibility index (Phi) is 5.64. The minimum absolute atomic E-state index is 0.543. The number of ether oxygens (including phenoxy) is 2. The van der Waals surface area contributed by atoms with Crippen LogP contribution in [0.4, 0.5) is 0 Å². The Morgan fingerprint density at radius 2 is 1.76 bits per heavy atom. The topological polar surface area (TPSA) is 30.5 Å². The second kappa shape index (κ2) is 7.70. The zero-order valence-electron chi connectivity index (χ0n) is 13.0. The lowest BCUT2D eigenvalue weighted by atomic mass is 10.1. The van der Waals surface area contributed by atoms with Gasteiger partial charge in [0, 0.05) is 12.1 Å². The van der Waals surface area contributed by atoms with E-state index in [9.17, 15) is 0 Å². The number of benzene rings is 2. The second-order valence-corrected chi connectivity index (χ2v) is 4.98. The maximum atomic E-state index is 6.03. The van der Waals surface area contributed by atoms with Crippen LogP contribution in [-0.4, -0.2) is 13.7 Å². The quantitative estimate of drug-likeness (QED) is 0.841. The Morgan fingerprint density at radius 3 is 2.43 bits per heavy atom. The van der Waals surface area contributed by atoms with Crippen LogP contribution in [0.3, 0.4) is 0 Å². The number of hydrogen-bond donors (Lipinski definition) is 1. The van der Waals surface area contributed by atoms with Gasteiger partial charge in [0.2, 0.25) is 0 Å². The molecule has 2 aromatic carbocycles. The first-order valence-corrected chi connectivity index (χ1v) is 7.32. The van der Waals surface area contributed by atoms with Gasteiger partial charge in [-0.1, -0.05) is 42.0 Å². The summed E-state index contributed by atoms with van der Waals surface area (Å²) < 4.78 is 11.7. The van der Waals surface area contributed by atoms with Crippen molar-refractivity contribution in [3.8, 4) is 11.5 Å². The van der Waals surface area contributed by atoms with Gasteiger partial charge in [0.15, 0.2) is 11.5 Å². The summed E-state index contributed by atoms with van der Waals surface area (Å²) in [5, 5.41) is 3.16. The monoisotopic (exact) mass is 285 g/mol. The van der Waals surface area contributed by atoms with E-state index in [1.807, 2.05) is 26.1 Å². The molecule has 0 radical (unpaired) electrons. The summed E-state index contributed by atoms with van der Waals surface area (Å²) in [6, 6.07) is 14.4. The third-order valence-corrected chi connectivity index (χ3v) is 3.23. The van der Waals surface area contributed by atoms with Gasteiger partial charge in [-0.05, 0) is 32.5 Å².